The Labute approximate surface area is 165 Å². The minimum atomic E-state index is -3.01. The predicted molar refractivity (Wildman–Crippen MR) is 103 cm³/mol. The number of carbonyl (C=O) groups is 2. The second-order valence-corrected chi connectivity index (χ2v) is 9.93. The van der Waals surface area contributed by atoms with Crippen molar-refractivity contribution in [1.29, 1.82) is 0 Å². The van der Waals surface area contributed by atoms with Crippen molar-refractivity contribution in [2.75, 3.05) is 29.2 Å². The highest BCUT2D eigenvalue weighted by molar-refractivity contribution is 7.99. The average Bonchev–Trinajstić information content (AvgIpc) is 3.20. The largest absolute Gasteiger partial charge is 0.482 e. The van der Waals surface area contributed by atoms with E-state index in [2.05, 4.69) is 15.5 Å². The van der Waals surface area contributed by atoms with Crippen LogP contribution in [0.25, 0.3) is 0 Å². The summed E-state index contributed by atoms with van der Waals surface area (Å²) in [4.78, 5) is 24.0. The number of anilines is 1. The van der Waals surface area contributed by atoms with Gasteiger partial charge in [-0.3, -0.25) is 9.59 Å². The van der Waals surface area contributed by atoms with Crippen molar-refractivity contribution in [2.45, 2.75) is 17.5 Å². The molecule has 1 N–H and O–H groups in total. The van der Waals surface area contributed by atoms with Crippen LogP contribution >= 0.6 is 11.8 Å². The number of thioether (sulfide) groups is 1. The Hall–Kier alpha value is -2.40. The third-order valence-corrected chi connectivity index (χ3v) is 7.52. The standard InChI is InChI=1S/C17H18N4O5S2/c1-21-16(11-4-5-28(24,25)9-11)19-20-17(21)27-8-13(22)10-2-3-14-12(6-10)18-15(23)7-26-14/h2-3,6,11H,4-5,7-9H2,1H3,(H,18,23)/t11-/m1/s1. The number of hydrogen-bond acceptors (Lipinski definition) is 8. The van der Waals surface area contributed by atoms with E-state index >= 15 is 0 Å². The molecule has 3 heterocycles. The van der Waals surface area contributed by atoms with Gasteiger partial charge in [0.1, 0.15) is 11.6 Å². The highest BCUT2D eigenvalue weighted by Crippen LogP contribution is 2.31. The number of ether oxygens (including phenoxy) is 1. The molecule has 4 rings (SSSR count). The lowest BCUT2D eigenvalue weighted by atomic mass is 10.1. The fourth-order valence-corrected chi connectivity index (χ4v) is 5.83. The highest BCUT2D eigenvalue weighted by atomic mass is 32.2. The van der Waals surface area contributed by atoms with Gasteiger partial charge in [0.15, 0.2) is 27.4 Å². The van der Waals surface area contributed by atoms with Crippen LogP contribution in [0.1, 0.15) is 28.5 Å². The van der Waals surface area contributed by atoms with E-state index in [-0.39, 0.29) is 41.5 Å². The Bertz CT molecular complexity index is 1060. The summed E-state index contributed by atoms with van der Waals surface area (Å²) in [6, 6.07) is 4.92. The number of ketones is 1. The summed E-state index contributed by atoms with van der Waals surface area (Å²) in [5.74, 6) is 1.03. The molecular weight excluding hydrogens is 404 g/mol. The molecule has 0 saturated carbocycles. The molecule has 0 radical (unpaired) electrons. The van der Waals surface area contributed by atoms with Crippen molar-refractivity contribution >= 4 is 39.0 Å². The molecule has 11 heteroatoms. The lowest BCUT2D eigenvalue weighted by Crippen LogP contribution is -2.25. The van der Waals surface area contributed by atoms with Gasteiger partial charge < -0.3 is 14.6 Å². The van der Waals surface area contributed by atoms with E-state index in [0.29, 0.717) is 34.4 Å². The van der Waals surface area contributed by atoms with Crippen molar-refractivity contribution in [3.8, 4) is 5.75 Å². The second-order valence-electron chi connectivity index (χ2n) is 6.76. The molecule has 1 amide bonds. The molecule has 1 saturated heterocycles. The number of Topliss-reactive ketones (excluding diaryl/α,β-unsaturated/α-hetero) is 1. The molecule has 2 aliphatic rings. The van der Waals surface area contributed by atoms with Gasteiger partial charge in [-0.15, -0.1) is 10.2 Å². The number of fused-ring (bicyclic) bond motifs is 1. The molecular formula is C17H18N4O5S2. The van der Waals surface area contributed by atoms with Crippen LogP contribution in [0.2, 0.25) is 0 Å². The molecule has 2 aliphatic heterocycles. The Morgan fingerprint density at radius 1 is 1.39 bits per heavy atom. The summed E-state index contributed by atoms with van der Waals surface area (Å²) in [6.45, 7) is -0.0348. The van der Waals surface area contributed by atoms with E-state index in [1.165, 1.54) is 11.8 Å². The van der Waals surface area contributed by atoms with Crippen LogP contribution in [0.3, 0.4) is 0 Å². The molecule has 1 fully saturated rings. The number of benzene rings is 1. The molecule has 1 aromatic heterocycles. The molecule has 148 valence electrons. The molecule has 1 atom stereocenters. The zero-order valence-electron chi connectivity index (χ0n) is 15.0. The summed E-state index contributed by atoms with van der Waals surface area (Å²) in [5.41, 5.74) is 0.941. The quantitative estimate of drug-likeness (QED) is 0.560. The molecule has 28 heavy (non-hydrogen) atoms. The topological polar surface area (TPSA) is 120 Å². The lowest BCUT2D eigenvalue weighted by molar-refractivity contribution is -0.118. The number of amides is 1. The van der Waals surface area contributed by atoms with Gasteiger partial charge in [-0.1, -0.05) is 11.8 Å². The third kappa shape index (κ3) is 3.76. The zero-order valence-corrected chi connectivity index (χ0v) is 16.7. The molecule has 0 unspecified atom stereocenters. The van der Waals surface area contributed by atoms with E-state index in [0.717, 1.165) is 0 Å². The Morgan fingerprint density at radius 3 is 2.96 bits per heavy atom. The van der Waals surface area contributed by atoms with E-state index in [9.17, 15) is 18.0 Å². The predicted octanol–water partition coefficient (Wildman–Crippen LogP) is 1.02. The fraction of sp³-hybridized carbons (Fsp3) is 0.412. The zero-order chi connectivity index (χ0) is 19.9. The van der Waals surface area contributed by atoms with Gasteiger partial charge in [-0.2, -0.15) is 0 Å². The number of rotatable bonds is 5. The molecule has 0 aliphatic carbocycles. The van der Waals surface area contributed by atoms with E-state index in [1.807, 2.05) is 0 Å². The fourth-order valence-electron chi connectivity index (χ4n) is 3.28. The summed E-state index contributed by atoms with van der Waals surface area (Å²) < 4.78 is 30.4. The minimum absolute atomic E-state index is 0.0348. The Balaban J connectivity index is 1.43. The molecule has 0 bridgehead atoms. The van der Waals surface area contributed by atoms with Gasteiger partial charge in [0.2, 0.25) is 0 Å². The van der Waals surface area contributed by atoms with Crippen LogP contribution in [0.4, 0.5) is 5.69 Å². The number of nitrogens with zero attached hydrogens (tertiary/aromatic N) is 3. The van der Waals surface area contributed by atoms with Gasteiger partial charge in [-0.25, -0.2) is 8.42 Å². The van der Waals surface area contributed by atoms with Crippen LogP contribution in [0, 0.1) is 0 Å². The van der Waals surface area contributed by atoms with Crippen molar-refractivity contribution in [3.05, 3.63) is 29.6 Å². The van der Waals surface area contributed by atoms with Crippen molar-refractivity contribution in [3.63, 3.8) is 0 Å². The van der Waals surface area contributed by atoms with E-state index in [4.69, 9.17) is 4.74 Å². The maximum Gasteiger partial charge on any atom is 0.262 e. The van der Waals surface area contributed by atoms with E-state index < -0.39 is 9.84 Å². The van der Waals surface area contributed by atoms with Crippen LogP contribution in [-0.4, -0.2) is 58.7 Å². The highest BCUT2D eigenvalue weighted by Gasteiger charge is 2.32. The maximum absolute atomic E-state index is 12.5. The normalized spacial score (nSPS) is 20.3. The smallest absolute Gasteiger partial charge is 0.262 e. The Morgan fingerprint density at radius 2 is 2.21 bits per heavy atom. The number of nitrogens with one attached hydrogen (secondary N) is 1. The van der Waals surface area contributed by atoms with Gasteiger partial charge in [-0.05, 0) is 24.6 Å². The summed E-state index contributed by atoms with van der Waals surface area (Å²) >= 11 is 1.24. The van der Waals surface area contributed by atoms with Gasteiger partial charge in [0.05, 0.1) is 22.9 Å². The van der Waals surface area contributed by atoms with Crippen LogP contribution in [0.15, 0.2) is 23.4 Å². The number of aromatic nitrogens is 3. The molecule has 0 spiro atoms. The molecule has 2 aromatic rings. The molecule has 1 aromatic carbocycles. The third-order valence-electron chi connectivity index (χ3n) is 4.73. The van der Waals surface area contributed by atoms with Gasteiger partial charge in [0.25, 0.3) is 5.91 Å². The SMILES string of the molecule is Cn1c(SCC(=O)c2ccc3c(c2)NC(=O)CO3)nnc1[C@@H]1CCS(=O)(=O)C1. The van der Waals surface area contributed by atoms with Crippen molar-refractivity contribution < 1.29 is 22.7 Å². The minimum Gasteiger partial charge on any atom is -0.482 e. The van der Waals surface area contributed by atoms with Crippen LogP contribution < -0.4 is 10.1 Å². The number of sulfone groups is 1. The first kappa shape index (κ1) is 18.9. The Kier molecular flexibility index (Phi) is 4.88. The summed E-state index contributed by atoms with van der Waals surface area (Å²) in [6.07, 6.45) is 0.542. The number of hydrogen-bond donors (Lipinski definition) is 1. The average molecular weight is 422 g/mol. The monoisotopic (exact) mass is 422 g/mol. The maximum atomic E-state index is 12.5. The van der Waals surface area contributed by atoms with Crippen LogP contribution in [-0.2, 0) is 21.7 Å². The first-order chi connectivity index (χ1) is 13.3. The first-order valence-electron chi connectivity index (χ1n) is 8.65. The summed E-state index contributed by atoms with van der Waals surface area (Å²) in [5, 5.41) is 11.5. The van der Waals surface area contributed by atoms with E-state index in [1.54, 1.807) is 29.8 Å². The lowest BCUT2D eigenvalue weighted by Gasteiger charge is -2.18. The first-order valence-corrected chi connectivity index (χ1v) is 11.5. The molecule has 9 nitrogen and oxygen atoms in total. The van der Waals surface area contributed by atoms with Crippen molar-refractivity contribution in [2.24, 2.45) is 7.05 Å². The van der Waals surface area contributed by atoms with Gasteiger partial charge in [0, 0.05) is 18.5 Å². The van der Waals surface area contributed by atoms with Crippen LogP contribution in [0.5, 0.6) is 5.75 Å². The second kappa shape index (κ2) is 7.21. The number of carbonyl (C=O) groups excluding carboxylic acids is 2. The van der Waals surface area contributed by atoms with Gasteiger partial charge >= 0.3 is 0 Å². The van der Waals surface area contributed by atoms with Crippen molar-refractivity contribution in [1.82, 2.24) is 14.8 Å². The summed E-state index contributed by atoms with van der Waals surface area (Å²) in [7, 11) is -1.23.